The number of hydrogen-bond acceptors (Lipinski definition) is 3. The summed E-state index contributed by atoms with van der Waals surface area (Å²) in [5, 5.41) is 3.55. The highest BCUT2D eigenvalue weighted by molar-refractivity contribution is 7.92. The first-order valence-corrected chi connectivity index (χ1v) is 9.69. The second kappa shape index (κ2) is 7.68. The minimum absolute atomic E-state index is 0.178. The van der Waals surface area contributed by atoms with Crippen LogP contribution in [0, 0.1) is 0 Å². The van der Waals surface area contributed by atoms with E-state index in [9.17, 15) is 13.2 Å². The third-order valence-corrected chi connectivity index (χ3v) is 4.23. The summed E-state index contributed by atoms with van der Waals surface area (Å²) < 4.78 is 25.0. The highest BCUT2D eigenvalue weighted by atomic mass is 35.5. The van der Waals surface area contributed by atoms with Crippen molar-refractivity contribution in [2.45, 2.75) is 19.4 Å². The van der Waals surface area contributed by atoms with Gasteiger partial charge in [-0.25, -0.2) is 8.42 Å². The predicted octanol–water partition coefficient (Wildman–Crippen LogP) is 3.59. The molecule has 2 rings (SSSR count). The Morgan fingerprint density at radius 2 is 1.88 bits per heavy atom. The van der Waals surface area contributed by atoms with E-state index in [0.717, 1.165) is 11.8 Å². The molecule has 0 fully saturated rings. The Morgan fingerprint density at radius 1 is 1.17 bits per heavy atom. The number of amides is 1. The van der Waals surface area contributed by atoms with Crippen molar-refractivity contribution in [3.8, 4) is 0 Å². The Kier molecular flexibility index (Phi) is 5.85. The van der Waals surface area contributed by atoms with E-state index in [-0.39, 0.29) is 11.9 Å². The molecule has 0 aliphatic rings. The third kappa shape index (κ3) is 5.25. The van der Waals surface area contributed by atoms with Gasteiger partial charge in [-0.3, -0.25) is 9.52 Å². The fourth-order valence-electron chi connectivity index (χ4n) is 2.32. The Labute approximate surface area is 147 Å². The van der Waals surface area contributed by atoms with E-state index in [1.54, 1.807) is 24.3 Å². The van der Waals surface area contributed by atoms with Gasteiger partial charge in [-0.15, -0.1) is 0 Å². The average molecular weight is 367 g/mol. The van der Waals surface area contributed by atoms with Gasteiger partial charge in [-0.2, -0.15) is 0 Å². The SMILES string of the molecule is CCC(NC(=O)c1cccc(NS(C)(=O)=O)c1)c1cccc(Cl)c1. The van der Waals surface area contributed by atoms with Gasteiger partial charge in [0.25, 0.3) is 5.91 Å². The van der Waals surface area contributed by atoms with Crippen molar-refractivity contribution in [3.05, 3.63) is 64.7 Å². The van der Waals surface area contributed by atoms with Gasteiger partial charge in [0.2, 0.25) is 10.0 Å². The lowest BCUT2D eigenvalue weighted by atomic mass is 10.0. The molecule has 0 heterocycles. The first kappa shape index (κ1) is 18.3. The maximum atomic E-state index is 12.5. The van der Waals surface area contributed by atoms with E-state index in [1.165, 1.54) is 6.07 Å². The molecule has 0 bridgehead atoms. The number of carbonyl (C=O) groups is 1. The third-order valence-electron chi connectivity index (χ3n) is 3.39. The molecule has 5 nitrogen and oxygen atoms in total. The van der Waals surface area contributed by atoms with Gasteiger partial charge >= 0.3 is 0 Å². The molecule has 7 heteroatoms. The largest absolute Gasteiger partial charge is 0.345 e. The van der Waals surface area contributed by atoms with Gasteiger partial charge < -0.3 is 5.32 Å². The van der Waals surface area contributed by atoms with Crippen molar-refractivity contribution in [3.63, 3.8) is 0 Å². The van der Waals surface area contributed by atoms with E-state index >= 15 is 0 Å². The average Bonchev–Trinajstić information content (AvgIpc) is 2.51. The Morgan fingerprint density at radius 3 is 2.50 bits per heavy atom. The number of benzene rings is 2. The van der Waals surface area contributed by atoms with Crippen LogP contribution in [0.2, 0.25) is 5.02 Å². The first-order valence-electron chi connectivity index (χ1n) is 7.42. The molecule has 0 aliphatic heterocycles. The number of nitrogens with one attached hydrogen (secondary N) is 2. The molecule has 1 atom stereocenters. The van der Waals surface area contributed by atoms with Crippen molar-refractivity contribution in [2.24, 2.45) is 0 Å². The second-order valence-electron chi connectivity index (χ2n) is 5.44. The molecule has 1 unspecified atom stereocenters. The molecular weight excluding hydrogens is 348 g/mol. The molecule has 0 saturated heterocycles. The van der Waals surface area contributed by atoms with E-state index in [2.05, 4.69) is 10.0 Å². The van der Waals surface area contributed by atoms with E-state index < -0.39 is 10.0 Å². The molecule has 0 saturated carbocycles. The number of hydrogen-bond donors (Lipinski definition) is 2. The van der Waals surface area contributed by atoms with Gasteiger partial charge in [-0.1, -0.05) is 36.7 Å². The summed E-state index contributed by atoms with van der Waals surface area (Å²) in [5.41, 5.74) is 1.65. The minimum Gasteiger partial charge on any atom is -0.345 e. The van der Waals surface area contributed by atoms with Gasteiger partial charge in [0.05, 0.1) is 12.3 Å². The number of rotatable bonds is 6. The lowest BCUT2D eigenvalue weighted by Crippen LogP contribution is -2.28. The normalized spacial score (nSPS) is 12.5. The van der Waals surface area contributed by atoms with Crippen LogP contribution in [0.5, 0.6) is 0 Å². The van der Waals surface area contributed by atoms with Gasteiger partial charge in [0.15, 0.2) is 0 Å². The fraction of sp³-hybridized carbons (Fsp3) is 0.235. The van der Waals surface area contributed by atoms with Crippen LogP contribution in [0.1, 0.15) is 35.3 Å². The van der Waals surface area contributed by atoms with Crippen LogP contribution in [-0.2, 0) is 10.0 Å². The predicted molar refractivity (Wildman–Crippen MR) is 96.9 cm³/mol. The summed E-state index contributed by atoms with van der Waals surface area (Å²) in [6.07, 6.45) is 1.76. The summed E-state index contributed by atoms with van der Waals surface area (Å²) in [6.45, 7) is 1.97. The van der Waals surface area contributed by atoms with Crippen molar-refractivity contribution in [2.75, 3.05) is 11.0 Å². The molecule has 0 aromatic heterocycles. The molecule has 0 radical (unpaired) electrons. The van der Waals surface area contributed by atoms with Crippen LogP contribution in [0.15, 0.2) is 48.5 Å². The van der Waals surface area contributed by atoms with Crippen LogP contribution >= 0.6 is 11.6 Å². The van der Waals surface area contributed by atoms with Crippen LogP contribution in [0.25, 0.3) is 0 Å². The number of sulfonamides is 1. The molecule has 0 aliphatic carbocycles. The topological polar surface area (TPSA) is 75.3 Å². The molecule has 2 aromatic rings. The molecule has 24 heavy (non-hydrogen) atoms. The molecule has 2 N–H and O–H groups in total. The maximum Gasteiger partial charge on any atom is 0.251 e. The Bertz CT molecular complexity index is 837. The fourth-order valence-corrected chi connectivity index (χ4v) is 3.08. The summed E-state index contributed by atoms with van der Waals surface area (Å²) in [7, 11) is -3.39. The van der Waals surface area contributed by atoms with Crippen LogP contribution in [-0.4, -0.2) is 20.6 Å². The zero-order valence-corrected chi connectivity index (χ0v) is 15.0. The van der Waals surface area contributed by atoms with Crippen molar-refractivity contribution >= 4 is 33.2 Å². The van der Waals surface area contributed by atoms with Crippen molar-refractivity contribution in [1.29, 1.82) is 0 Å². The summed E-state index contributed by atoms with van der Waals surface area (Å²) in [5.74, 6) is -0.279. The molecule has 128 valence electrons. The summed E-state index contributed by atoms with van der Waals surface area (Å²) in [4.78, 5) is 12.5. The standard InChI is InChI=1S/C17H19ClN2O3S/c1-3-16(12-6-4-8-14(18)10-12)19-17(21)13-7-5-9-15(11-13)20-24(2,22)23/h4-11,16,20H,3H2,1-2H3,(H,19,21). The highest BCUT2D eigenvalue weighted by Gasteiger charge is 2.15. The molecule has 1 amide bonds. The second-order valence-corrected chi connectivity index (χ2v) is 7.63. The van der Waals surface area contributed by atoms with Crippen molar-refractivity contribution in [1.82, 2.24) is 5.32 Å². The van der Waals surface area contributed by atoms with E-state index in [4.69, 9.17) is 11.6 Å². The number of halogens is 1. The monoisotopic (exact) mass is 366 g/mol. The van der Waals surface area contributed by atoms with Gasteiger partial charge in [0, 0.05) is 16.3 Å². The highest BCUT2D eigenvalue weighted by Crippen LogP contribution is 2.21. The summed E-state index contributed by atoms with van der Waals surface area (Å²) in [6, 6.07) is 13.5. The first-order chi connectivity index (χ1) is 11.3. The molecular formula is C17H19ClN2O3S. The zero-order chi connectivity index (χ0) is 17.7. The Hall–Kier alpha value is -2.05. The quantitative estimate of drug-likeness (QED) is 0.820. The van der Waals surface area contributed by atoms with Crippen LogP contribution in [0.3, 0.4) is 0 Å². The van der Waals surface area contributed by atoms with E-state index in [1.807, 2.05) is 25.1 Å². The van der Waals surface area contributed by atoms with Crippen LogP contribution < -0.4 is 10.0 Å². The smallest absolute Gasteiger partial charge is 0.251 e. The molecule has 0 spiro atoms. The Balaban J connectivity index is 2.17. The maximum absolute atomic E-state index is 12.5. The van der Waals surface area contributed by atoms with Gasteiger partial charge in [0.1, 0.15) is 0 Å². The van der Waals surface area contributed by atoms with Gasteiger partial charge in [-0.05, 0) is 42.3 Å². The lowest BCUT2D eigenvalue weighted by molar-refractivity contribution is 0.0935. The molecule has 2 aromatic carbocycles. The van der Waals surface area contributed by atoms with E-state index in [0.29, 0.717) is 22.7 Å². The summed E-state index contributed by atoms with van der Waals surface area (Å²) >= 11 is 6.00. The lowest BCUT2D eigenvalue weighted by Gasteiger charge is -2.18. The van der Waals surface area contributed by atoms with Crippen LogP contribution in [0.4, 0.5) is 5.69 Å². The zero-order valence-electron chi connectivity index (χ0n) is 13.4. The number of carbonyl (C=O) groups excluding carboxylic acids is 1. The minimum atomic E-state index is -3.39. The number of anilines is 1. The van der Waals surface area contributed by atoms with Crippen molar-refractivity contribution < 1.29 is 13.2 Å².